The van der Waals surface area contributed by atoms with Crippen LogP contribution < -0.4 is 16.8 Å². The Hall–Kier alpha value is -2.89. The zero-order chi connectivity index (χ0) is 15.4. The second-order valence-electron chi connectivity index (χ2n) is 4.68. The molecule has 108 valence electrons. The molecular weight excluding hydrogens is 268 g/mol. The molecule has 0 aliphatic rings. The summed E-state index contributed by atoms with van der Waals surface area (Å²) in [5.74, 6) is -1.23. The van der Waals surface area contributed by atoms with Crippen LogP contribution in [0.2, 0.25) is 0 Å². The predicted octanol–water partition coefficient (Wildman–Crippen LogP) is 1.45. The van der Waals surface area contributed by atoms with E-state index < -0.39 is 11.8 Å². The van der Waals surface area contributed by atoms with Crippen LogP contribution in [0.15, 0.2) is 42.7 Å². The van der Waals surface area contributed by atoms with Gasteiger partial charge in [-0.1, -0.05) is 6.07 Å². The van der Waals surface area contributed by atoms with E-state index in [1.807, 2.05) is 19.1 Å². The molecule has 0 fully saturated rings. The number of amides is 2. The first kappa shape index (κ1) is 14.5. The normalized spacial score (nSPS) is 11.7. The fourth-order valence-electron chi connectivity index (χ4n) is 1.96. The van der Waals surface area contributed by atoms with Crippen molar-refractivity contribution in [1.82, 2.24) is 4.98 Å². The summed E-state index contributed by atoms with van der Waals surface area (Å²) >= 11 is 0. The van der Waals surface area contributed by atoms with E-state index >= 15 is 0 Å². The highest BCUT2D eigenvalue weighted by Crippen LogP contribution is 2.21. The zero-order valence-corrected chi connectivity index (χ0v) is 11.5. The summed E-state index contributed by atoms with van der Waals surface area (Å²) in [6.07, 6.45) is 3.43. The lowest BCUT2D eigenvalue weighted by molar-refractivity contribution is 0.0999. The summed E-state index contributed by atoms with van der Waals surface area (Å²) in [7, 11) is 0. The lowest BCUT2D eigenvalue weighted by Gasteiger charge is -2.16. The molecule has 1 heterocycles. The molecule has 0 saturated heterocycles. The smallest absolute Gasteiger partial charge is 0.248 e. The van der Waals surface area contributed by atoms with Crippen molar-refractivity contribution >= 4 is 17.5 Å². The highest BCUT2D eigenvalue weighted by Gasteiger charge is 2.11. The third kappa shape index (κ3) is 3.56. The maximum atomic E-state index is 11.3. The average molecular weight is 284 g/mol. The third-order valence-electron chi connectivity index (χ3n) is 3.07. The lowest BCUT2D eigenvalue weighted by Crippen LogP contribution is -2.17. The molecule has 0 bridgehead atoms. The van der Waals surface area contributed by atoms with Crippen LogP contribution in [0.25, 0.3) is 0 Å². The molecule has 5 N–H and O–H groups in total. The third-order valence-corrected chi connectivity index (χ3v) is 3.07. The van der Waals surface area contributed by atoms with Crippen LogP contribution in [0.4, 0.5) is 5.69 Å². The van der Waals surface area contributed by atoms with Crippen molar-refractivity contribution in [2.75, 3.05) is 5.32 Å². The largest absolute Gasteiger partial charge is 0.378 e. The minimum Gasteiger partial charge on any atom is -0.378 e. The molecule has 1 unspecified atom stereocenters. The Kier molecular flexibility index (Phi) is 4.18. The lowest BCUT2D eigenvalue weighted by atomic mass is 10.1. The van der Waals surface area contributed by atoms with E-state index in [0.29, 0.717) is 5.69 Å². The Morgan fingerprint density at radius 1 is 1.14 bits per heavy atom. The van der Waals surface area contributed by atoms with Crippen LogP contribution in [-0.4, -0.2) is 16.8 Å². The Morgan fingerprint density at radius 3 is 2.24 bits per heavy atom. The molecule has 2 aromatic rings. The minimum absolute atomic E-state index is 0.0532. The van der Waals surface area contributed by atoms with Crippen molar-refractivity contribution in [2.45, 2.75) is 13.0 Å². The van der Waals surface area contributed by atoms with Crippen molar-refractivity contribution in [3.63, 3.8) is 0 Å². The summed E-state index contributed by atoms with van der Waals surface area (Å²) in [6, 6.07) is 8.26. The molecule has 0 saturated carbocycles. The van der Waals surface area contributed by atoms with Gasteiger partial charge >= 0.3 is 0 Å². The Morgan fingerprint density at radius 2 is 1.76 bits per heavy atom. The SMILES string of the molecule is CC(Nc1cc(C(N)=O)cc(C(N)=O)c1)c1cccnc1. The molecule has 2 amide bonds. The van der Waals surface area contributed by atoms with Crippen molar-refractivity contribution in [2.24, 2.45) is 11.5 Å². The van der Waals surface area contributed by atoms with E-state index in [1.165, 1.54) is 6.07 Å². The number of anilines is 1. The van der Waals surface area contributed by atoms with Crippen molar-refractivity contribution in [1.29, 1.82) is 0 Å². The van der Waals surface area contributed by atoms with Crippen LogP contribution in [-0.2, 0) is 0 Å². The van der Waals surface area contributed by atoms with E-state index in [0.717, 1.165) is 5.56 Å². The van der Waals surface area contributed by atoms with Gasteiger partial charge in [-0.15, -0.1) is 0 Å². The fraction of sp³-hybridized carbons (Fsp3) is 0.133. The number of hydrogen-bond donors (Lipinski definition) is 3. The molecule has 6 heteroatoms. The van der Waals surface area contributed by atoms with Gasteiger partial charge in [-0.3, -0.25) is 14.6 Å². The number of nitrogens with one attached hydrogen (secondary N) is 1. The monoisotopic (exact) mass is 284 g/mol. The highest BCUT2D eigenvalue weighted by molar-refractivity contribution is 5.99. The molecule has 1 atom stereocenters. The second kappa shape index (κ2) is 6.04. The topological polar surface area (TPSA) is 111 Å². The van der Waals surface area contributed by atoms with Crippen molar-refractivity contribution in [3.05, 3.63) is 59.4 Å². The van der Waals surface area contributed by atoms with E-state index in [2.05, 4.69) is 10.3 Å². The zero-order valence-electron chi connectivity index (χ0n) is 11.5. The number of hydrogen-bond acceptors (Lipinski definition) is 4. The molecular formula is C15H16N4O2. The molecule has 1 aromatic carbocycles. The van der Waals surface area contributed by atoms with Crippen LogP contribution in [0.5, 0.6) is 0 Å². The molecule has 0 radical (unpaired) electrons. The molecule has 0 aliphatic heterocycles. The van der Waals surface area contributed by atoms with Gasteiger partial charge in [0.05, 0.1) is 6.04 Å². The molecule has 2 rings (SSSR count). The Labute approximate surface area is 122 Å². The van der Waals surface area contributed by atoms with Crippen LogP contribution in [0.1, 0.15) is 39.2 Å². The Bertz CT molecular complexity index is 638. The predicted molar refractivity (Wildman–Crippen MR) is 79.8 cm³/mol. The van der Waals surface area contributed by atoms with Crippen molar-refractivity contribution < 1.29 is 9.59 Å². The number of pyridine rings is 1. The van der Waals surface area contributed by atoms with Gasteiger partial charge < -0.3 is 16.8 Å². The van der Waals surface area contributed by atoms with Gasteiger partial charge in [0.15, 0.2) is 0 Å². The maximum Gasteiger partial charge on any atom is 0.248 e. The second-order valence-corrected chi connectivity index (χ2v) is 4.68. The molecule has 0 aliphatic carbocycles. The van der Waals surface area contributed by atoms with Gasteiger partial charge in [0.1, 0.15) is 0 Å². The summed E-state index contributed by atoms with van der Waals surface area (Å²) in [4.78, 5) is 26.7. The van der Waals surface area contributed by atoms with Gasteiger partial charge in [0, 0.05) is 29.2 Å². The summed E-state index contributed by atoms with van der Waals surface area (Å²) < 4.78 is 0. The van der Waals surface area contributed by atoms with E-state index in [-0.39, 0.29) is 17.2 Å². The first-order chi connectivity index (χ1) is 9.97. The number of benzene rings is 1. The summed E-state index contributed by atoms with van der Waals surface area (Å²) in [5, 5.41) is 3.19. The van der Waals surface area contributed by atoms with Gasteiger partial charge in [0.2, 0.25) is 11.8 Å². The maximum absolute atomic E-state index is 11.3. The van der Waals surface area contributed by atoms with Gasteiger partial charge in [-0.2, -0.15) is 0 Å². The van der Waals surface area contributed by atoms with Crippen LogP contribution >= 0.6 is 0 Å². The number of nitrogens with two attached hydrogens (primary N) is 2. The van der Waals surface area contributed by atoms with Gasteiger partial charge in [-0.25, -0.2) is 0 Å². The molecule has 1 aromatic heterocycles. The number of nitrogens with zero attached hydrogens (tertiary/aromatic N) is 1. The summed E-state index contributed by atoms with van der Waals surface area (Å²) in [5.41, 5.74) is 12.6. The quantitative estimate of drug-likeness (QED) is 0.771. The van der Waals surface area contributed by atoms with Crippen molar-refractivity contribution in [3.8, 4) is 0 Å². The van der Waals surface area contributed by atoms with Gasteiger partial charge in [0.25, 0.3) is 0 Å². The number of primary amides is 2. The number of rotatable bonds is 5. The fourth-order valence-corrected chi connectivity index (χ4v) is 1.96. The average Bonchev–Trinajstić information content (AvgIpc) is 2.47. The number of aromatic nitrogens is 1. The van der Waals surface area contributed by atoms with E-state index in [4.69, 9.17) is 11.5 Å². The van der Waals surface area contributed by atoms with Crippen LogP contribution in [0.3, 0.4) is 0 Å². The first-order valence-corrected chi connectivity index (χ1v) is 6.38. The standard InChI is InChI=1S/C15H16N4O2/c1-9(10-3-2-4-18-8-10)19-13-6-11(14(16)20)5-12(7-13)15(17)21/h2-9,19H,1H3,(H2,16,20)(H2,17,21). The first-order valence-electron chi connectivity index (χ1n) is 6.38. The van der Waals surface area contributed by atoms with E-state index in [9.17, 15) is 9.59 Å². The highest BCUT2D eigenvalue weighted by atomic mass is 16.1. The molecule has 21 heavy (non-hydrogen) atoms. The summed E-state index contributed by atoms with van der Waals surface area (Å²) in [6.45, 7) is 1.94. The number of carbonyl (C=O) groups excluding carboxylic acids is 2. The van der Waals surface area contributed by atoms with Gasteiger partial charge in [-0.05, 0) is 36.8 Å². The Balaban J connectivity index is 2.31. The number of carbonyl (C=O) groups is 2. The van der Waals surface area contributed by atoms with Crippen LogP contribution in [0, 0.1) is 0 Å². The molecule has 0 spiro atoms. The molecule has 6 nitrogen and oxygen atoms in total. The van der Waals surface area contributed by atoms with E-state index in [1.54, 1.807) is 24.5 Å². The minimum atomic E-state index is -0.616.